The summed E-state index contributed by atoms with van der Waals surface area (Å²) in [5.41, 5.74) is 1.46. The molecule has 0 aliphatic carbocycles. The van der Waals surface area contributed by atoms with Crippen molar-refractivity contribution >= 4 is 27.3 Å². The van der Waals surface area contributed by atoms with Crippen LogP contribution in [0.25, 0.3) is 0 Å². The Balaban J connectivity index is 2.87. The molecule has 0 aromatic heterocycles. The molecule has 1 rings (SSSR count). The zero-order valence-electron chi connectivity index (χ0n) is 9.86. The zero-order chi connectivity index (χ0) is 12.9. The first kappa shape index (κ1) is 14.1. The van der Waals surface area contributed by atoms with Gasteiger partial charge >= 0.3 is 0 Å². The molecule has 6 heteroatoms. The van der Waals surface area contributed by atoms with E-state index in [-0.39, 0.29) is 5.75 Å². The maximum atomic E-state index is 11.7. The lowest BCUT2D eigenvalue weighted by Gasteiger charge is -2.12. The minimum atomic E-state index is -3.36. The zero-order valence-corrected chi connectivity index (χ0v) is 11.4. The minimum Gasteiger partial charge on any atom is -0.495 e. The van der Waals surface area contributed by atoms with Gasteiger partial charge in [0.25, 0.3) is 0 Å². The van der Waals surface area contributed by atoms with E-state index in [1.54, 1.807) is 12.1 Å². The number of aryl methyl sites for hydroxylation is 1. The molecule has 0 aliphatic heterocycles. The Hall–Kier alpha value is -0.940. The van der Waals surface area contributed by atoms with Crippen molar-refractivity contribution in [1.29, 1.82) is 0 Å². The third-order valence-corrected chi connectivity index (χ3v) is 3.79. The van der Waals surface area contributed by atoms with Crippen molar-refractivity contribution in [1.82, 2.24) is 0 Å². The van der Waals surface area contributed by atoms with Crippen LogP contribution in [0.2, 0.25) is 0 Å². The van der Waals surface area contributed by atoms with Gasteiger partial charge < -0.3 is 4.74 Å². The van der Waals surface area contributed by atoms with Crippen molar-refractivity contribution in [2.45, 2.75) is 13.3 Å². The molecule has 4 nitrogen and oxygen atoms in total. The van der Waals surface area contributed by atoms with E-state index >= 15 is 0 Å². The second-order valence-electron chi connectivity index (χ2n) is 3.67. The molecular weight excluding hydrogens is 262 g/mol. The second-order valence-corrected chi connectivity index (χ2v) is 5.89. The molecule has 0 unspecified atom stereocenters. The highest BCUT2D eigenvalue weighted by Gasteiger charge is 2.12. The predicted octanol–water partition coefficient (Wildman–Crippen LogP) is 2.37. The van der Waals surface area contributed by atoms with Crippen molar-refractivity contribution < 1.29 is 13.2 Å². The molecule has 0 atom stereocenters. The van der Waals surface area contributed by atoms with E-state index in [9.17, 15) is 8.42 Å². The third kappa shape index (κ3) is 4.44. The lowest BCUT2D eigenvalue weighted by Crippen LogP contribution is -2.17. The van der Waals surface area contributed by atoms with Gasteiger partial charge in [-0.2, -0.15) is 0 Å². The number of alkyl halides is 1. The highest BCUT2D eigenvalue weighted by atomic mass is 35.5. The lowest BCUT2D eigenvalue weighted by atomic mass is 10.2. The number of sulfonamides is 1. The van der Waals surface area contributed by atoms with Gasteiger partial charge in [0.2, 0.25) is 10.0 Å². The Morgan fingerprint density at radius 3 is 2.71 bits per heavy atom. The minimum absolute atomic E-state index is 0.00747. The molecule has 0 bridgehead atoms. The predicted molar refractivity (Wildman–Crippen MR) is 70.5 cm³/mol. The molecule has 0 amide bonds. The first-order valence-corrected chi connectivity index (χ1v) is 7.38. The Morgan fingerprint density at radius 2 is 2.12 bits per heavy atom. The van der Waals surface area contributed by atoms with E-state index in [4.69, 9.17) is 16.3 Å². The van der Waals surface area contributed by atoms with Crippen LogP contribution >= 0.6 is 11.6 Å². The number of halogens is 1. The van der Waals surface area contributed by atoms with Crippen LogP contribution in [0.15, 0.2) is 18.2 Å². The van der Waals surface area contributed by atoms with Crippen LogP contribution in [-0.4, -0.2) is 27.2 Å². The summed E-state index contributed by atoms with van der Waals surface area (Å²) < 4.78 is 31.0. The molecule has 1 aromatic carbocycles. The quantitative estimate of drug-likeness (QED) is 0.812. The smallest absolute Gasteiger partial charge is 0.232 e. The lowest BCUT2D eigenvalue weighted by molar-refractivity contribution is 0.416. The molecule has 0 aliphatic rings. The summed E-state index contributed by atoms with van der Waals surface area (Å²) in [4.78, 5) is 0. The summed E-state index contributed by atoms with van der Waals surface area (Å²) in [6, 6.07) is 5.29. The fourth-order valence-electron chi connectivity index (χ4n) is 1.35. The van der Waals surface area contributed by atoms with Crippen molar-refractivity contribution in [3.05, 3.63) is 23.8 Å². The van der Waals surface area contributed by atoms with Gasteiger partial charge in [-0.15, -0.1) is 11.6 Å². The van der Waals surface area contributed by atoms with Crippen molar-refractivity contribution in [3.63, 3.8) is 0 Å². The van der Waals surface area contributed by atoms with E-state index in [0.29, 0.717) is 23.7 Å². The second kappa shape index (κ2) is 6.12. The maximum absolute atomic E-state index is 11.7. The molecule has 1 aromatic rings. The third-order valence-electron chi connectivity index (χ3n) is 2.17. The molecule has 0 radical (unpaired) electrons. The van der Waals surface area contributed by atoms with Crippen LogP contribution in [0.4, 0.5) is 5.69 Å². The number of nitrogens with one attached hydrogen (secondary N) is 1. The first-order valence-electron chi connectivity index (χ1n) is 5.19. The van der Waals surface area contributed by atoms with Gasteiger partial charge in [0.05, 0.1) is 18.6 Å². The first-order chi connectivity index (χ1) is 7.98. The van der Waals surface area contributed by atoms with Gasteiger partial charge in [-0.05, 0) is 31.0 Å². The number of rotatable bonds is 6. The van der Waals surface area contributed by atoms with E-state index in [1.807, 2.05) is 13.0 Å². The van der Waals surface area contributed by atoms with E-state index in [1.165, 1.54) is 7.11 Å². The summed E-state index contributed by atoms with van der Waals surface area (Å²) in [6.45, 7) is 1.91. The number of benzene rings is 1. The van der Waals surface area contributed by atoms with Crippen LogP contribution < -0.4 is 9.46 Å². The average Bonchev–Trinajstić information content (AvgIpc) is 2.28. The monoisotopic (exact) mass is 277 g/mol. The molecule has 0 saturated heterocycles. The number of methoxy groups -OCH3 is 1. The maximum Gasteiger partial charge on any atom is 0.232 e. The molecule has 0 heterocycles. The summed E-state index contributed by atoms with van der Waals surface area (Å²) in [5, 5.41) is 0. The number of hydrogen-bond acceptors (Lipinski definition) is 3. The molecule has 17 heavy (non-hydrogen) atoms. The Labute approximate surface area is 107 Å². The van der Waals surface area contributed by atoms with Crippen LogP contribution in [-0.2, 0) is 10.0 Å². The summed E-state index contributed by atoms with van der Waals surface area (Å²) in [5.74, 6) is 0.846. The average molecular weight is 278 g/mol. The molecule has 0 saturated carbocycles. The van der Waals surface area contributed by atoms with Crippen LogP contribution in [0.3, 0.4) is 0 Å². The van der Waals surface area contributed by atoms with Crippen LogP contribution in [0.5, 0.6) is 5.75 Å². The molecular formula is C11H16ClNO3S. The van der Waals surface area contributed by atoms with Crippen molar-refractivity contribution in [2.75, 3.05) is 23.5 Å². The Kier molecular flexibility index (Phi) is 5.08. The van der Waals surface area contributed by atoms with Crippen molar-refractivity contribution in [2.24, 2.45) is 0 Å². The van der Waals surface area contributed by atoms with Gasteiger partial charge in [-0.3, -0.25) is 4.72 Å². The Bertz CT molecular complexity index is 474. The summed E-state index contributed by atoms with van der Waals surface area (Å²) in [7, 11) is -1.85. The summed E-state index contributed by atoms with van der Waals surface area (Å²) in [6.07, 6.45) is 0.422. The van der Waals surface area contributed by atoms with E-state index in [2.05, 4.69) is 4.72 Å². The standard InChI is InChI=1S/C11H16ClNO3S/c1-9-4-5-10(11(8-9)16-2)13-17(14,15)7-3-6-12/h4-5,8,13H,3,6-7H2,1-2H3. The van der Waals surface area contributed by atoms with Gasteiger partial charge in [0, 0.05) is 5.88 Å². The largest absolute Gasteiger partial charge is 0.495 e. The highest BCUT2D eigenvalue weighted by Crippen LogP contribution is 2.26. The fraction of sp³-hybridized carbons (Fsp3) is 0.455. The molecule has 0 fully saturated rings. The molecule has 96 valence electrons. The van der Waals surface area contributed by atoms with Crippen LogP contribution in [0, 0.1) is 6.92 Å². The fourth-order valence-corrected chi connectivity index (χ4v) is 2.77. The topological polar surface area (TPSA) is 55.4 Å². The normalized spacial score (nSPS) is 11.2. The number of ether oxygens (including phenoxy) is 1. The van der Waals surface area contributed by atoms with Gasteiger partial charge in [-0.1, -0.05) is 6.07 Å². The highest BCUT2D eigenvalue weighted by molar-refractivity contribution is 7.92. The van der Waals surface area contributed by atoms with Gasteiger partial charge in [0.15, 0.2) is 0 Å². The van der Waals surface area contributed by atoms with Crippen molar-refractivity contribution in [3.8, 4) is 5.75 Å². The van der Waals surface area contributed by atoms with Gasteiger partial charge in [0.1, 0.15) is 5.75 Å². The number of anilines is 1. The van der Waals surface area contributed by atoms with Gasteiger partial charge in [-0.25, -0.2) is 8.42 Å². The number of hydrogen-bond donors (Lipinski definition) is 1. The van der Waals surface area contributed by atoms with E-state index < -0.39 is 10.0 Å². The van der Waals surface area contributed by atoms with E-state index in [0.717, 1.165) is 5.56 Å². The van der Waals surface area contributed by atoms with Crippen LogP contribution in [0.1, 0.15) is 12.0 Å². The Morgan fingerprint density at radius 1 is 1.41 bits per heavy atom. The summed E-state index contributed by atoms with van der Waals surface area (Å²) >= 11 is 5.47. The SMILES string of the molecule is COc1cc(C)ccc1NS(=O)(=O)CCCCl. The molecule has 1 N–H and O–H groups in total. The molecule has 0 spiro atoms.